The van der Waals surface area contributed by atoms with E-state index in [9.17, 15) is 19.5 Å². The molecule has 0 bridgehead atoms. The summed E-state index contributed by atoms with van der Waals surface area (Å²) in [6.07, 6.45) is -0.0706. The molecule has 0 saturated carbocycles. The maximum Gasteiger partial charge on any atom is 0.410 e. The number of carbonyl (C=O) groups is 3. The number of hydrogen-bond donors (Lipinski definition) is 2. The molecule has 1 aliphatic heterocycles. The summed E-state index contributed by atoms with van der Waals surface area (Å²) in [5.74, 6) is -1.58. The van der Waals surface area contributed by atoms with Gasteiger partial charge in [0.25, 0.3) is 0 Å². The Hall–Kier alpha value is -2.77. The van der Waals surface area contributed by atoms with Crippen LogP contribution < -0.4 is 5.32 Å². The molecule has 1 aromatic carbocycles. The molecule has 1 fully saturated rings. The van der Waals surface area contributed by atoms with Gasteiger partial charge >= 0.3 is 18.2 Å². The predicted octanol–water partition coefficient (Wildman–Crippen LogP) is 3.01. The van der Waals surface area contributed by atoms with Gasteiger partial charge in [-0.05, 0) is 39.2 Å². The average molecular weight is 392 g/mol. The van der Waals surface area contributed by atoms with Crippen LogP contribution in [0.1, 0.15) is 39.2 Å². The van der Waals surface area contributed by atoms with Crippen LogP contribution >= 0.6 is 0 Å². The largest absolute Gasteiger partial charge is 0.480 e. The molecular weight excluding hydrogens is 364 g/mol. The first-order chi connectivity index (χ1) is 13.2. The van der Waals surface area contributed by atoms with Crippen molar-refractivity contribution in [1.82, 2.24) is 10.2 Å². The van der Waals surface area contributed by atoms with Gasteiger partial charge in [-0.2, -0.15) is 0 Å². The maximum atomic E-state index is 12.4. The van der Waals surface area contributed by atoms with E-state index in [2.05, 4.69) is 5.32 Å². The lowest BCUT2D eigenvalue weighted by molar-refractivity contribution is -0.141. The van der Waals surface area contributed by atoms with Crippen LogP contribution in [0.2, 0.25) is 0 Å². The first kappa shape index (κ1) is 21.5. The summed E-state index contributed by atoms with van der Waals surface area (Å²) in [6, 6.07) is 8.18. The van der Waals surface area contributed by atoms with Gasteiger partial charge in [-0.1, -0.05) is 30.3 Å². The van der Waals surface area contributed by atoms with Crippen molar-refractivity contribution >= 4 is 18.2 Å². The zero-order chi connectivity index (χ0) is 20.7. The molecule has 0 spiro atoms. The Labute approximate surface area is 164 Å². The van der Waals surface area contributed by atoms with E-state index in [-0.39, 0.29) is 13.2 Å². The molecule has 2 atom stereocenters. The van der Waals surface area contributed by atoms with E-state index < -0.39 is 35.7 Å². The number of carboxylic acids is 1. The Morgan fingerprint density at radius 1 is 1.25 bits per heavy atom. The van der Waals surface area contributed by atoms with Crippen LogP contribution in [0.25, 0.3) is 0 Å². The third kappa shape index (κ3) is 6.75. The molecule has 8 nitrogen and oxygen atoms in total. The number of likely N-dealkylation sites (tertiary alicyclic amines) is 1. The second-order valence-corrected chi connectivity index (χ2v) is 7.85. The topological polar surface area (TPSA) is 105 Å². The zero-order valence-corrected chi connectivity index (χ0v) is 16.5. The minimum atomic E-state index is -1.16. The molecule has 0 aliphatic carbocycles. The fraction of sp³-hybridized carbons (Fsp3) is 0.550. The van der Waals surface area contributed by atoms with E-state index in [1.54, 1.807) is 20.8 Å². The maximum absolute atomic E-state index is 12.4. The van der Waals surface area contributed by atoms with E-state index in [0.717, 1.165) is 5.56 Å². The molecular formula is C20H28N2O6. The molecule has 0 aromatic heterocycles. The molecule has 1 saturated heterocycles. The van der Waals surface area contributed by atoms with Crippen molar-refractivity contribution in [2.24, 2.45) is 5.92 Å². The summed E-state index contributed by atoms with van der Waals surface area (Å²) >= 11 is 0. The number of piperidine rings is 1. The van der Waals surface area contributed by atoms with Crippen molar-refractivity contribution in [2.45, 2.75) is 51.9 Å². The lowest BCUT2D eigenvalue weighted by Crippen LogP contribution is -2.53. The Bertz CT molecular complexity index is 686. The second-order valence-electron chi connectivity index (χ2n) is 7.85. The second kappa shape index (κ2) is 9.43. The van der Waals surface area contributed by atoms with Gasteiger partial charge in [0.05, 0.1) is 0 Å². The normalized spacial score (nSPS) is 18.1. The monoisotopic (exact) mass is 392 g/mol. The van der Waals surface area contributed by atoms with Crippen LogP contribution in [0.15, 0.2) is 30.3 Å². The molecule has 2 rings (SSSR count). The smallest absolute Gasteiger partial charge is 0.410 e. The summed E-state index contributed by atoms with van der Waals surface area (Å²) in [6.45, 7) is 5.94. The number of aliphatic carboxylic acids is 1. The molecule has 1 aromatic rings. The molecule has 2 unspecified atom stereocenters. The Morgan fingerprint density at radius 3 is 2.54 bits per heavy atom. The number of nitrogens with one attached hydrogen (secondary N) is 1. The summed E-state index contributed by atoms with van der Waals surface area (Å²) in [5.41, 5.74) is 0.145. The fourth-order valence-electron chi connectivity index (χ4n) is 3.07. The van der Waals surface area contributed by atoms with Crippen LogP contribution in [0.4, 0.5) is 9.59 Å². The molecule has 154 valence electrons. The van der Waals surface area contributed by atoms with Crippen molar-refractivity contribution < 1.29 is 29.0 Å². The number of benzene rings is 1. The molecule has 1 aliphatic rings. The molecule has 1 heterocycles. The van der Waals surface area contributed by atoms with Crippen molar-refractivity contribution in [2.75, 3.05) is 13.1 Å². The van der Waals surface area contributed by atoms with Gasteiger partial charge in [0.1, 0.15) is 18.2 Å². The Kier molecular flexibility index (Phi) is 7.25. The first-order valence-electron chi connectivity index (χ1n) is 9.33. The SMILES string of the molecule is CC(C)(C)OC(=O)NC(C(=O)O)C1CCCN(C(=O)OCc2ccccc2)C1. The van der Waals surface area contributed by atoms with E-state index in [1.165, 1.54) is 4.90 Å². The Morgan fingerprint density at radius 2 is 1.93 bits per heavy atom. The molecule has 0 radical (unpaired) electrons. The first-order valence-corrected chi connectivity index (χ1v) is 9.33. The Balaban J connectivity index is 1.94. The van der Waals surface area contributed by atoms with E-state index in [0.29, 0.717) is 19.4 Å². The minimum absolute atomic E-state index is 0.152. The van der Waals surface area contributed by atoms with Crippen LogP contribution in [0.5, 0.6) is 0 Å². The predicted molar refractivity (Wildman–Crippen MR) is 102 cm³/mol. The van der Waals surface area contributed by atoms with Crippen LogP contribution in [0, 0.1) is 5.92 Å². The zero-order valence-electron chi connectivity index (χ0n) is 16.5. The van der Waals surface area contributed by atoms with E-state index in [1.807, 2.05) is 30.3 Å². The van der Waals surface area contributed by atoms with Gasteiger partial charge < -0.3 is 24.8 Å². The van der Waals surface area contributed by atoms with Gasteiger partial charge in [0.15, 0.2) is 0 Å². The summed E-state index contributed by atoms with van der Waals surface area (Å²) in [7, 11) is 0. The number of nitrogens with zero attached hydrogens (tertiary/aromatic N) is 1. The fourth-order valence-corrected chi connectivity index (χ4v) is 3.07. The van der Waals surface area contributed by atoms with Crippen molar-refractivity contribution in [3.8, 4) is 0 Å². The molecule has 2 N–H and O–H groups in total. The van der Waals surface area contributed by atoms with E-state index in [4.69, 9.17) is 9.47 Å². The number of rotatable bonds is 5. The van der Waals surface area contributed by atoms with E-state index >= 15 is 0 Å². The van der Waals surface area contributed by atoms with Crippen LogP contribution in [-0.4, -0.2) is 52.9 Å². The highest BCUT2D eigenvalue weighted by Gasteiger charge is 2.36. The quantitative estimate of drug-likeness (QED) is 0.798. The molecule has 28 heavy (non-hydrogen) atoms. The summed E-state index contributed by atoms with van der Waals surface area (Å²) in [4.78, 5) is 37.5. The average Bonchev–Trinajstić information content (AvgIpc) is 2.63. The van der Waals surface area contributed by atoms with Gasteiger partial charge in [-0.15, -0.1) is 0 Å². The minimum Gasteiger partial charge on any atom is -0.480 e. The van der Waals surface area contributed by atoms with Gasteiger partial charge in [0.2, 0.25) is 0 Å². The van der Waals surface area contributed by atoms with Crippen LogP contribution in [-0.2, 0) is 20.9 Å². The molecule has 2 amide bonds. The van der Waals surface area contributed by atoms with Gasteiger partial charge in [0, 0.05) is 19.0 Å². The lowest BCUT2D eigenvalue weighted by Gasteiger charge is -2.35. The molecule has 8 heteroatoms. The number of hydrogen-bond acceptors (Lipinski definition) is 5. The highest BCUT2D eigenvalue weighted by molar-refractivity contribution is 5.80. The highest BCUT2D eigenvalue weighted by atomic mass is 16.6. The number of ether oxygens (including phenoxy) is 2. The number of carboxylic acid groups (broad SMARTS) is 1. The van der Waals surface area contributed by atoms with Crippen molar-refractivity contribution in [3.05, 3.63) is 35.9 Å². The van der Waals surface area contributed by atoms with Crippen LogP contribution in [0.3, 0.4) is 0 Å². The van der Waals surface area contributed by atoms with Gasteiger partial charge in [-0.25, -0.2) is 14.4 Å². The summed E-state index contributed by atoms with van der Waals surface area (Å²) < 4.78 is 10.5. The van der Waals surface area contributed by atoms with Crippen molar-refractivity contribution in [3.63, 3.8) is 0 Å². The standard InChI is InChI=1S/C20H28N2O6/c1-20(2,3)28-18(25)21-16(17(23)24)15-10-7-11-22(12-15)19(26)27-13-14-8-5-4-6-9-14/h4-6,8-9,15-16H,7,10-13H2,1-3H3,(H,21,25)(H,23,24). The lowest BCUT2D eigenvalue weighted by atomic mass is 9.91. The number of amides is 2. The number of carbonyl (C=O) groups excluding carboxylic acids is 2. The number of alkyl carbamates (subject to hydrolysis) is 1. The third-order valence-electron chi connectivity index (χ3n) is 4.33. The van der Waals surface area contributed by atoms with Gasteiger partial charge in [-0.3, -0.25) is 0 Å². The third-order valence-corrected chi connectivity index (χ3v) is 4.33. The van der Waals surface area contributed by atoms with Crippen molar-refractivity contribution in [1.29, 1.82) is 0 Å². The summed E-state index contributed by atoms with van der Waals surface area (Å²) in [5, 5.41) is 12.0. The highest BCUT2D eigenvalue weighted by Crippen LogP contribution is 2.22.